The van der Waals surface area contributed by atoms with Crippen LogP contribution in [0.2, 0.25) is 0 Å². The van der Waals surface area contributed by atoms with Crippen LogP contribution in [0.3, 0.4) is 0 Å². The summed E-state index contributed by atoms with van der Waals surface area (Å²) in [5.74, 6) is -0.907. The standard InChI is InChI=1S/C18H22FN3O3/c19-13-7-5-12(6-8-13)11-20-16(23)9-10-22-17(24)14-3-1-2-4-15(14)21-18(22)25/h5-8,14-15H,1-4,9-11H2,(H,20,23)(H,21,25). The number of amides is 4. The molecule has 3 rings (SSSR count). The van der Waals surface area contributed by atoms with E-state index in [-0.39, 0.29) is 49.1 Å². The second kappa shape index (κ2) is 7.63. The molecule has 2 aliphatic rings. The van der Waals surface area contributed by atoms with Gasteiger partial charge >= 0.3 is 6.03 Å². The maximum absolute atomic E-state index is 12.8. The third kappa shape index (κ3) is 4.15. The molecule has 6 nitrogen and oxygen atoms in total. The summed E-state index contributed by atoms with van der Waals surface area (Å²) >= 11 is 0. The number of nitrogens with one attached hydrogen (secondary N) is 2. The molecule has 1 saturated carbocycles. The molecule has 25 heavy (non-hydrogen) atoms. The molecule has 0 spiro atoms. The van der Waals surface area contributed by atoms with Gasteiger partial charge in [-0.3, -0.25) is 14.5 Å². The molecule has 7 heteroatoms. The zero-order valence-electron chi connectivity index (χ0n) is 14.0. The van der Waals surface area contributed by atoms with Crippen LogP contribution in [0.15, 0.2) is 24.3 Å². The summed E-state index contributed by atoms with van der Waals surface area (Å²) in [5.41, 5.74) is 0.784. The van der Waals surface area contributed by atoms with Crippen LogP contribution >= 0.6 is 0 Å². The first kappa shape index (κ1) is 17.4. The lowest BCUT2D eigenvalue weighted by Crippen LogP contribution is -2.61. The number of halogens is 1. The van der Waals surface area contributed by atoms with Crippen molar-refractivity contribution >= 4 is 17.8 Å². The third-order valence-corrected chi connectivity index (χ3v) is 4.87. The van der Waals surface area contributed by atoms with E-state index in [0.717, 1.165) is 36.1 Å². The summed E-state index contributed by atoms with van der Waals surface area (Å²) in [6, 6.07) is 5.40. The fraction of sp³-hybridized carbons (Fsp3) is 0.500. The van der Waals surface area contributed by atoms with Crippen LogP contribution < -0.4 is 10.6 Å². The van der Waals surface area contributed by atoms with Gasteiger partial charge in [0.05, 0.1) is 5.92 Å². The Morgan fingerprint density at radius 2 is 1.92 bits per heavy atom. The zero-order chi connectivity index (χ0) is 17.8. The van der Waals surface area contributed by atoms with Gasteiger partial charge in [0.1, 0.15) is 5.82 Å². The van der Waals surface area contributed by atoms with Crippen molar-refractivity contribution < 1.29 is 18.8 Å². The number of fused-ring (bicyclic) bond motifs is 1. The Bertz CT molecular complexity index is 662. The number of hydrogen-bond acceptors (Lipinski definition) is 3. The summed E-state index contributed by atoms with van der Waals surface area (Å²) in [6.45, 7) is 0.354. The number of rotatable bonds is 5. The SMILES string of the molecule is O=C(CCN1C(=O)NC2CCCCC2C1=O)NCc1ccc(F)cc1. The fourth-order valence-electron chi connectivity index (χ4n) is 3.45. The maximum atomic E-state index is 12.8. The zero-order valence-corrected chi connectivity index (χ0v) is 14.0. The monoisotopic (exact) mass is 347 g/mol. The van der Waals surface area contributed by atoms with Crippen LogP contribution in [0.4, 0.5) is 9.18 Å². The molecule has 1 aromatic rings. The van der Waals surface area contributed by atoms with Gasteiger partial charge in [-0.2, -0.15) is 0 Å². The van der Waals surface area contributed by atoms with E-state index in [1.807, 2.05) is 0 Å². The molecule has 134 valence electrons. The summed E-state index contributed by atoms with van der Waals surface area (Å²) in [7, 11) is 0. The van der Waals surface area contributed by atoms with E-state index in [0.29, 0.717) is 0 Å². The van der Waals surface area contributed by atoms with Crippen molar-refractivity contribution in [3.63, 3.8) is 0 Å². The maximum Gasteiger partial charge on any atom is 0.324 e. The Balaban J connectivity index is 1.48. The summed E-state index contributed by atoms with van der Waals surface area (Å²) < 4.78 is 12.8. The van der Waals surface area contributed by atoms with Gasteiger partial charge in [-0.25, -0.2) is 9.18 Å². The largest absolute Gasteiger partial charge is 0.352 e. The molecule has 1 aromatic carbocycles. The smallest absolute Gasteiger partial charge is 0.324 e. The van der Waals surface area contributed by atoms with Crippen LogP contribution in [0.25, 0.3) is 0 Å². The van der Waals surface area contributed by atoms with Gasteiger partial charge in [-0.05, 0) is 30.5 Å². The minimum absolute atomic E-state index is 0.0533. The predicted octanol–water partition coefficient (Wildman–Crippen LogP) is 1.94. The van der Waals surface area contributed by atoms with E-state index in [2.05, 4.69) is 10.6 Å². The molecule has 1 saturated heterocycles. The minimum atomic E-state index is -0.403. The van der Waals surface area contributed by atoms with E-state index in [1.165, 1.54) is 12.1 Å². The lowest BCUT2D eigenvalue weighted by atomic mass is 9.82. The van der Waals surface area contributed by atoms with Gasteiger partial charge < -0.3 is 10.6 Å². The molecule has 0 aromatic heterocycles. The minimum Gasteiger partial charge on any atom is -0.352 e. The molecule has 0 radical (unpaired) electrons. The van der Waals surface area contributed by atoms with E-state index in [4.69, 9.17) is 0 Å². The number of carbonyl (C=O) groups is 3. The van der Waals surface area contributed by atoms with Crippen LogP contribution in [-0.4, -0.2) is 35.3 Å². The first-order valence-electron chi connectivity index (χ1n) is 8.67. The third-order valence-electron chi connectivity index (χ3n) is 4.87. The molecule has 1 heterocycles. The van der Waals surface area contributed by atoms with Crippen molar-refractivity contribution in [1.82, 2.24) is 15.5 Å². The molecule has 2 atom stereocenters. The number of urea groups is 1. The highest BCUT2D eigenvalue weighted by molar-refractivity contribution is 5.99. The Kier molecular flexibility index (Phi) is 5.31. The van der Waals surface area contributed by atoms with Gasteiger partial charge in [0.15, 0.2) is 0 Å². The molecule has 1 aliphatic carbocycles. The second-order valence-corrected chi connectivity index (χ2v) is 6.59. The van der Waals surface area contributed by atoms with Gasteiger partial charge in [0.2, 0.25) is 11.8 Å². The summed E-state index contributed by atoms with van der Waals surface area (Å²) in [4.78, 5) is 37.7. The number of imide groups is 1. The number of benzene rings is 1. The molecule has 2 N–H and O–H groups in total. The highest BCUT2D eigenvalue weighted by atomic mass is 19.1. The van der Waals surface area contributed by atoms with Gasteiger partial charge in [0, 0.05) is 25.6 Å². The van der Waals surface area contributed by atoms with Gasteiger partial charge in [0.25, 0.3) is 0 Å². The first-order valence-corrected chi connectivity index (χ1v) is 8.67. The highest BCUT2D eigenvalue weighted by Gasteiger charge is 2.41. The first-order chi connectivity index (χ1) is 12.0. The van der Waals surface area contributed by atoms with Gasteiger partial charge in [-0.1, -0.05) is 25.0 Å². The van der Waals surface area contributed by atoms with E-state index >= 15 is 0 Å². The molecular formula is C18H22FN3O3. The number of nitrogens with zero attached hydrogens (tertiary/aromatic N) is 1. The van der Waals surface area contributed by atoms with Crippen molar-refractivity contribution in [3.8, 4) is 0 Å². The van der Waals surface area contributed by atoms with E-state index < -0.39 is 6.03 Å². The number of carbonyl (C=O) groups excluding carboxylic acids is 3. The number of hydrogen-bond donors (Lipinski definition) is 2. The molecule has 2 fully saturated rings. The van der Waals surface area contributed by atoms with E-state index in [9.17, 15) is 18.8 Å². The van der Waals surface area contributed by atoms with Crippen molar-refractivity contribution in [2.45, 2.75) is 44.7 Å². The molecule has 1 aliphatic heterocycles. The molecule has 4 amide bonds. The van der Waals surface area contributed by atoms with Crippen LogP contribution in [0.1, 0.15) is 37.7 Å². The fourth-order valence-corrected chi connectivity index (χ4v) is 3.45. The Morgan fingerprint density at radius 1 is 1.20 bits per heavy atom. The quantitative estimate of drug-likeness (QED) is 0.854. The van der Waals surface area contributed by atoms with Crippen LogP contribution in [0.5, 0.6) is 0 Å². The van der Waals surface area contributed by atoms with Gasteiger partial charge in [-0.15, -0.1) is 0 Å². The molecule has 2 unspecified atom stereocenters. The summed E-state index contributed by atoms with van der Waals surface area (Å²) in [6.07, 6.45) is 3.71. The lowest BCUT2D eigenvalue weighted by Gasteiger charge is -2.39. The van der Waals surface area contributed by atoms with E-state index in [1.54, 1.807) is 12.1 Å². The molecular weight excluding hydrogens is 325 g/mol. The topological polar surface area (TPSA) is 78.5 Å². The van der Waals surface area contributed by atoms with Crippen molar-refractivity contribution in [1.29, 1.82) is 0 Å². The normalized spacial score (nSPS) is 23.0. The second-order valence-electron chi connectivity index (χ2n) is 6.59. The Labute approximate surface area is 145 Å². The van der Waals surface area contributed by atoms with Crippen molar-refractivity contribution in [3.05, 3.63) is 35.6 Å². The molecule has 0 bridgehead atoms. The lowest BCUT2D eigenvalue weighted by molar-refractivity contribution is -0.136. The van der Waals surface area contributed by atoms with Crippen molar-refractivity contribution in [2.24, 2.45) is 5.92 Å². The predicted molar refractivity (Wildman–Crippen MR) is 88.9 cm³/mol. The van der Waals surface area contributed by atoms with Crippen LogP contribution in [0, 0.1) is 11.7 Å². The van der Waals surface area contributed by atoms with Crippen LogP contribution in [-0.2, 0) is 16.1 Å². The highest BCUT2D eigenvalue weighted by Crippen LogP contribution is 2.29. The summed E-state index contributed by atoms with van der Waals surface area (Å²) in [5, 5.41) is 5.60. The Hall–Kier alpha value is -2.44. The van der Waals surface area contributed by atoms with Crippen molar-refractivity contribution in [2.75, 3.05) is 6.54 Å². The Morgan fingerprint density at radius 3 is 2.68 bits per heavy atom. The average Bonchev–Trinajstić information content (AvgIpc) is 2.61. The average molecular weight is 347 g/mol.